The Kier molecular flexibility index (Phi) is 5.37. The van der Waals surface area contributed by atoms with Gasteiger partial charge in [-0.05, 0) is 47.5 Å². The molecule has 0 saturated carbocycles. The summed E-state index contributed by atoms with van der Waals surface area (Å²) in [5, 5.41) is 12.5. The van der Waals surface area contributed by atoms with Crippen molar-refractivity contribution in [1.82, 2.24) is 14.9 Å². The summed E-state index contributed by atoms with van der Waals surface area (Å²) in [7, 11) is 0. The summed E-state index contributed by atoms with van der Waals surface area (Å²) < 4.78 is 1.93. The third-order valence-electron chi connectivity index (χ3n) is 3.75. The molecule has 0 bridgehead atoms. The zero-order valence-corrected chi connectivity index (χ0v) is 16.0. The van der Waals surface area contributed by atoms with Gasteiger partial charge in [-0.15, -0.1) is 0 Å². The topological polar surface area (TPSA) is 46.0 Å². The second-order valence-corrected chi connectivity index (χ2v) is 7.08. The number of benzene rings is 2. The highest BCUT2D eigenvalue weighted by atomic mass is 35.5. The van der Waals surface area contributed by atoms with Gasteiger partial charge in [0.25, 0.3) is 0 Å². The van der Waals surface area contributed by atoms with Crippen LogP contribution in [0.1, 0.15) is 30.9 Å². The second kappa shape index (κ2) is 7.52. The molecule has 0 aliphatic carbocycles. The van der Waals surface area contributed by atoms with Gasteiger partial charge in [0.2, 0.25) is 4.77 Å². The number of hydrogen-bond donors (Lipinski definition) is 1. The molecule has 0 spiro atoms. The van der Waals surface area contributed by atoms with Crippen molar-refractivity contribution in [2.24, 2.45) is 5.10 Å². The molecule has 0 saturated heterocycles. The number of H-pyrrole nitrogens is 1. The fraction of sp³-hybridized carbons (Fsp3) is 0.167. The van der Waals surface area contributed by atoms with Crippen LogP contribution in [0.5, 0.6) is 0 Å². The zero-order valence-electron chi connectivity index (χ0n) is 13.7. The van der Waals surface area contributed by atoms with E-state index < -0.39 is 0 Å². The minimum Gasteiger partial charge on any atom is -0.250 e. The first-order valence-electron chi connectivity index (χ1n) is 7.73. The van der Waals surface area contributed by atoms with E-state index in [1.54, 1.807) is 29.1 Å². The Morgan fingerprint density at radius 1 is 1.16 bits per heavy atom. The van der Waals surface area contributed by atoms with Crippen molar-refractivity contribution in [2.75, 3.05) is 0 Å². The predicted octanol–water partition coefficient (Wildman–Crippen LogP) is 5.92. The Labute approximate surface area is 161 Å². The standard InChI is InChI=1S/C18H16Cl2N4S/c1-11(2)13-5-3-12(4-6-13)10-21-24-17(22-23-18(24)25)15-8-7-14(19)9-16(15)20/h3-11H,1-2H3,(H,23,25)/b21-10+. The largest absolute Gasteiger partial charge is 0.250 e. The number of halogens is 2. The molecule has 0 atom stereocenters. The SMILES string of the molecule is CC(C)c1ccc(/C=N/n2c(-c3ccc(Cl)cc3Cl)n[nH]c2=S)cc1. The Morgan fingerprint density at radius 2 is 1.88 bits per heavy atom. The fourth-order valence-corrected chi connectivity index (χ4v) is 3.01. The molecule has 128 valence electrons. The minimum atomic E-state index is 0.385. The lowest BCUT2D eigenvalue weighted by Gasteiger charge is -2.05. The molecule has 7 heteroatoms. The maximum Gasteiger partial charge on any atom is 0.216 e. The average Bonchev–Trinajstić information content (AvgIpc) is 2.94. The first kappa shape index (κ1) is 17.9. The van der Waals surface area contributed by atoms with Gasteiger partial charge < -0.3 is 0 Å². The molecule has 1 heterocycles. The zero-order chi connectivity index (χ0) is 18.0. The van der Waals surface area contributed by atoms with Crippen LogP contribution in [0.3, 0.4) is 0 Å². The van der Waals surface area contributed by atoms with E-state index >= 15 is 0 Å². The Balaban J connectivity index is 1.95. The van der Waals surface area contributed by atoms with Crippen molar-refractivity contribution in [3.8, 4) is 11.4 Å². The number of rotatable bonds is 4. The minimum absolute atomic E-state index is 0.385. The Morgan fingerprint density at radius 3 is 2.52 bits per heavy atom. The van der Waals surface area contributed by atoms with Gasteiger partial charge in [-0.25, -0.2) is 5.10 Å². The Bertz CT molecular complexity index is 971. The van der Waals surface area contributed by atoms with E-state index in [-0.39, 0.29) is 0 Å². The van der Waals surface area contributed by atoms with E-state index in [0.29, 0.717) is 32.1 Å². The number of nitrogens with one attached hydrogen (secondary N) is 1. The van der Waals surface area contributed by atoms with Gasteiger partial charge in [-0.2, -0.15) is 14.9 Å². The predicted molar refractivity (Wildman–Crippen MR) is 106 cm³/mol. The lowest BCUT2D eigenvalue weighted by Crippen LogP contribution is -1.96. The first-order valence-corrected chi connectivity index (χ1v) is 8.89. The third-order valence-corrected chi connectivity index (χ3v) is 4.56. The summed E-state index contributed by atoms with van der Waals surface area (Å²) in [6, 6.07) is 13.4. The van der Waals surface area contributed by atoms with Crippen LogP contribution in [-0.2, 0) is 0 Å². The van der Waals surface area contributed by atoms with Gasteiger partial charge in [-0.1, -0.05) is 61.3 Å². The van der Waals surface area contributed by atoms with Crippen molar-refractivity contribution in [3.05, 3.63) is 68.4 Å². The lowest BCUT2D eigenvalue weighted by atomic mass is 10.0. The number of hydrogen-bond acceptors (Lipinski definition) is 3. The van der Waals surface area contributed by atoms with Gasteiger partial charge >= 0.3 is 0 Å². The molecule has 4 nitrogen and oxygen atoms in total. The maximum absolute atomic E-state index is 6.27. The van der Waals surface area contributed by atoms with Crippen LogP contribution in [0.15, 0.2) is 47.6 Å². The molecule has 0 radical (unpaired) electrons. The molecule has 3 rings (SSSR count). The highest BCUT2D eigenvalue weighted by molar-refractivity contribution is 7.71. The summed E-state index contributed by atoms with van der Waals surface area (Å²) in [6.07, 6.45) is 1.74. The van der Waals surface area contributed by atoms with E-state index in [9.17, 15) is 0 Å². The van der Waals surface area contributed by atoms with Gasteiger partial charge in [0.1, 0.15) is 0 Å². The van der Waals surface area contributed by atoms with Gasteiger partial charge in [0.15, 0.2) is 5.82 Å². The summed E-state index contributed by atoms with van der Waals surface area (Å²) in [4.78, 5) is 0. The first-order chi connectivity index (χ1) is 12.0. The van der Waals surface area contributed by atoms with Crippen molar-refractivity contribution in [1.29, 1.82) is 0 Å². The van der Waals surface area contributed by atoms with E-state index in [0.717, 1.165) is 5.56 Å². The van der Waals surface area contributed by atoms with Crippen LogP contribution in [0, 0.1) is 4.77 Å². The van der Waals surface area contributed by atoms with E-state index in [1.807, 2.05) is 12.1 Å². The molecular formula is C18H16Cl2N4S. The smallest absolute Gasteiger partial charge is 0.216 e. The normalized spacial score (nSPS) is 11.6. The molecule has 0 aliphatic heterocycles. The summed E-state index contributed by atoms with van der Waals surface area (Å²) >= 11 is 17.5. The fourth-order valence-electron chi connectivity index (χ4n) is 2.34. The molecule has 0 unspecified atom stereocenters. The van der Waals surface area contributed by atoms with Crippen LogP contribution in [-0.4, -0.2) is 21.1 Å². The number of aromatic amines is 1. The molecule has 0 fully saturated rings. The average molecular weight is 391 g/mol. The lowest BCUT2D eigenvalue weighted by molar-refractivity contribution is 0.865. The van der Waals surface area contributed by atoms with Crippen LogP contribution in [0.2, 0.25) is 10.0 Å². The molecule has 25 heavy (non-hydrogen) atoms. The second-order valence-electron chi connectivity index (χ2n) is 5.85. The van der Waals surface area contributed by atoms with E-state index in [1.165, 1.54) is 5.56 Å². The number of nitrogens with zero attached hydrogens (tertiary/aromatic N) is 3. The van der Waals surface area contributed by atoms with Crippen LogP contribution in [0.25, 0.3) is 11.4 Å². The molecule has 0 amide bonds. The quantitative estimate of drug-likeness (QED) is 0.443. The summed E-state index contributed by atoms with van der Waals surface area (Å²) in [5.41, 5.74) is 2.96. The van der Waals surface area contributed by atoms with Crippen LogP contribution >= 0.6 is 35.4 Å². The van der Waals surface area contributed by atoms with E-state index in [4.69, 9.17) is 35.4 Å². The van der Waals surface area contributed by atoms with Crippen molar-refractivity contribution in [3.63, 3.8) is 0 Å². The van der Waals surface area contributed by atoms with Gasteiger partial charge in [0.05, 0.1) is 11.2 Å². The highest BCUT2D eigenvalue weighted by Crippen LogP contribution is 2.29. The van der Waals surface area contributed by atoms with Crippen molar-refractivity contribution in [2.45, 2.75) is 19.8 Å². The molecular weight excluding hydrogens is 375 g/mol. The van der Waals surface area contributed by atoms with Crippen molar-refractivity contribution < 1.29 is 0 Å². The highest BCUT2D eigenvalue weighted by Gasteiger charge is 2.12. The summed E-state index contributed by atoms with van der Waals surface area (Å²) in [6.45, 7) is 4.33. The van der Waals surface area contributed by atoms with E-state index in [2.05, 4.69) is 41.3 Å². The molecule has 1 N–H and O–H groups in total. The van der Waals surface area contributed by atoms with Crippen LogP contribution < -0.4 is 0 Å². The molecule has 1 aromatic heterocycles. The Hall–Kier alpha value is -1.95. The molecule has 0 aliphatic rings. The third kappa shape index (κ3) is 4.00. The number of aromatic nitrogens is 3. The van der Waals surface area contributed by atoms with Gasteiger partial charge in [0, 0.05) is 10.6 Å². The summed E-state index contributed by atoms with van der Waals surface area (Å²) in [5.74, 6) is 1.02. The molecule has 3 aromatic rings. The van der Waals surface area contributed by atoms with Crippen LogP contribution in [0.4, 0.5) is 0 Å². The molecule has 2 aromatic carbocycles. The monoisotopic (exact) mass is 390 g/mol. The van der Waals surface area contributed by atoms with Gasteiger partial charge in [-0.3, -0.25) is 0 Å². The van der Waals surface area contributed by atoms with Crippen molar-refractivity contribution >= 4 is 41.6 Å². The maximum atomic E-state index is 6.27.